The third-order valence-corrected chi connectivity index (χ3v) is 4.31. The molecule has 21 heavy (non-hydrogen) atoms. The topological polar surface area (TPSA) is 20.3 Å². The zero-order valence-corrected chi connectivity index (χ0v) is 13.4. The SMILES string of the molecule is Cc1cc(F)ccc1C(=O)CCCN1CC(C)CC(C)C1. The monoisotopic (exact) mass is 291 g/mol. The fourth-order valence-electron chi connectivity index (χ4n) is 3.51. The van der Waals surface area contributed by atoms with E-state index in [0.29, 0.717) is 12.0 Å². The zero-order valence-electron chi connectivity index (χ0n) is 13.4. The molecule has 2 atom stereocenters. The average molecular weight is 291 g/mol. The Morgan fingerprint density at radius 1 is 1.29 bits per heavy atom. The zero-order chi connectivity index (χ0) is 15.4. The van der Waals surface area contributed by atoms with Crippen LogP contribution in [0.1, 0.15) is 49.0 Å². The highest BCUT2D eigenvalue weighted by molar-refractivity contribution is 5.97. The minimum absolute atomic E-state index is 0.130. The molecule has 0 amide bonds. The second-order valence-electron chi connectivity index (χ2n) is 6.69. The molecule has 0 bridgehead atoms. The van der Waals surface area contributed by atoms with E-state index < -0.39 is 0 Å². The minimum atomic E-state index is -0.277. The number of hydrogen-bond donors (Lipinski definition) is 0. The van der Waals surface area contributed by atoms with E-state index in [1.54, 1.807) is 13.0 Å². The van der Waals surface area contributed by atoms with Crippen molar-refractivity contribution in [2.24, 2.45) is 11.8 Å². The number of carbonyl (C=O) groups excluding carboxylic acids is 1. The number of nitrogens with zero attached hydrogens (tertiary/aromatic N) is 1. The lowest BCUT2D eigenvalue weighted by atomic mass is 9.91. The van der Waals surface area contributed by atoms with Gasteiger partial charge in [-0.1, -0.05) is 13.8 Å². The van der Waals surface area contributed by atoms with Crippen LogP contribution in [0.25, 0.3) is 0 Å². The van der Waals surface area contributed by atoms with Gasteiger partial charge in [0.1, 0.15) is 5.82 Å². The summed E-state index contributed by atoms with van der Waals surface area (Å²) in [5, 5.41) is 0. The Bertz CT molecular complexity index is 490. The molecule has 1 aliphatic rings. The molecule has 1 aromatic carbocycles. The van der Waals surface area contributed by atoms with Gasteiger partial charge < -0.3 is 4.90 Å². The van der Waals surface area contributed by atoms with E-state index in [-0.39, 0.29) is 11.6 Å². The highest BCUT2D eigenvalue weighted by Crippen LogP contribution is 2.21. The van der Waals surface area contributed by atoms with Crippen LogP contribution in [0.4, 0.5) is 4.39 Å². The first-order chi connectivity index (χ1) is 9.95. The maximum atomic E-state index is 13.1. The molecule has 0 aromatic heterocycles. The van der Waals surface area contributed by atoms with E-state index in [2.05, 4.69) is 18.7 Å². The van der Waals surface area contributed by atoms with E-state index in [4.69, 9.17) is 0 Å². The van der Waals surface area contributed by atoms with Crippen LogP contribution >= 0.6 is 0 Å². The molecule has 2 unspecified atom stereocenters. The Morgan fingerprint density at radius 2 is 1.95 bits per heavy atom. The summed E-state index contributed by atoms with van der Waals surface area (Å²) in [5.41, 5.74) is 1.40. The number of aryl methyl sites for hydroxylation is 1. The summed E-state index contributed by atoms with van der Waals surface area (Å²) in [6.07, 6.45) is 2.74. The molecule has 0 N–H and O–H groups in total. The molecule has 1 aliphatic heterocycles. The summed E-state index contributed by atoms with van der Waals surface area (Å²) in [7, 11) is 0. The highest BCUT2D eigenvalue weighted by atomic mass is 19.1. The number of Topliss-reactive ketones (excluding diaryl/α,β-unsaturated/α-hetero) is 1. The van der Waals surface area contributed by atoms with E-state index in [1.165, 1.54) is 18.6 Å². The largest absolute Gasteiger partial charge is 0.303 e. The maximum Gasteiger partial charge on any atom is 0.163 e. The van der Waals surface area contributed by atoms with Gasteiger partial charge >= 0.3 is 0 Å². The van der Waals surface area contributed by atoms with Gasteiger partial charge in [0.2, 0.25) is 0 Å². The first-order valence-electron chi connectivity index (χ1n) is 7.97. The molecule has 2 rings (SSSR count). The third kappa shape index (κ3) is 4.63. The molecule has 1 heterocycles. The Labute approximate surface area is 127 Å². The summed E-state index contributed by atoms with van der Waals surface area (Å²) in [5.74, 6) is 1.36. The summed E-state index contributed by atoms with van der Waals surface area (Å²) < 4.78 is 13.1. The van der Waals surface area contributed by atoms with Gasteiger partial charge in [-0.15, -0.1) is 0 Å². The number of hydrogen-bond acceptors (Lipinski definition) is 2. The normalized spacial score (nSPS) is 23.2. The Hall–Kier alpha value is -1.22. The second kappa shape index (κ2) is 7.17. The molecule has 2 nitrogen and oxygen atoms in total. The minimum Gasteiger partial charge on any atom is -0.303 e. The second-order valence-corrected chi connectivity index (χ2v) is 6.69. The molecule has 0 spiro atoms. The first-order valence-corrected chi connectivity index (χ1v) is 7.97. The van der Waals surface area contributed by atoms with Gasteiger partial charge in [-0.05, 0) is 61.9 Å². The molecule has 116 valence electrons. The molecule has 1 saturated heterocycles. The quantitative estimate of drug-likeness (QED) is 0.762. The van der Waals surface area contributed by atoms with E-state index >= 15 is 0 Å². The standard InChI is InChI=1S/C18H26FNO/c1-13-9-14(2)12-20(11-13)8-4-5-18(21)17-7-6-16(19)10-15(17)3/h6-7,10,13-14H,4-5,8-9,11-12H2,1-3H3. The average Bonchev–Trinajstić information content (AvgIpc) is 2.37. The number of ketones is 1. The van der Waals surface area contributed by atoms with Gasteiger partial charge in [0.05, 0.1) is 0 Å². The number of piperidine rings is 1. The van der Waals surface area contributed by atoms with E-state index in [0.717, 1.165) is 43.5 Å². The van der Waals surface area contributed by atoms with Crippen molar-refractivity contribution < 1.29 is 9.18 Å². The van der Waals surface area contributed by atoms with Crippen LogP contribution in [0.2, 0.25) is 0 Å². The fraction of sp³-hybridized carbons (Fsp3) is 0.611. The van der Waals surface area contributed by atoms with Crippen LogP contribution < -0.4 is 0 Å². The van der Waals surface area contributed by atoms with Crippen molar-refractivity contribution in [3.8, 4) is 0 Å². The summed E-state index contributed by atoms with van der Waals surface area (Å²) in [6.45, 7) is 9.68. The lowest BCUT2D eigenvalue weighted by Crippen LogP contribution is -2.39. The van der Waals surface area contributed by atoms with Gasteiger partial charge in [-0.3, -0.25) is 4.79 Å². The van der Waals surface area contributed by atoms with Crippen molar-refractivity contribution in [2.45, 2.75) is 40.0 Å². The van der Waals surface area contributed by atoms with E-state index in [9.17, 15) is 9.18 Å². The van der Waals surface area contributed by atoms with Gasteiger partial charge in [-0.25, -0.2) is 4.39 Å². The smallest absolute Gasteiger partial charge is 0.163 e. The van der Waals surface area contributed by atoms with Crippen molar-refractivity contribution in [3.63, 3.8) is 0 Å². The van der Waals surface area contributed by atoms with Crippen LogP contribution in [0.15, 0.2) is 18.2 Å². The Balaban J connectivity index is 1.81. The molecule has 1 fully saturated rings. The van der Waals surface area contributed by atoms with Crippen LogP contribution in [-0.2, 0) is 0 Å². The number of carbonyl (C=O) groups is 1. The van der Waals surface area contributed by atoms with Crippen molar-refractivity contribution in [1.82, 2.24) is 4.90 Å². The molecule has 0 saturated carbocycles. The van der Waals surface area contributed by atoms with Crippen LogP contribution in [0.5, 0.6) is 0 Å². The van der Waals surface area contributed by atoms with Crippen LogP contribution in [0.3, 0.4) is 0 Å². The molecular formula is C18H26FNO. The van der Waals surface area contributed by atoms with Crippen LogP contribution in [0, 0.1) is 24.6 Å². The third-order valence-electron chi connectivity index (χ3n) is 4.31. The summed E-state index contributed by atoms with van der Waals surface area (Å²) in [6, 6.07) is 4.41. The van der Waals surface area contributed by atoms with Crippen LogP contribution in [-0.4, -0.2) is 30.3 Å². The van der Waals surface area contributed by atoms with Gasteiger partial charge in [0.25, 0.3) is 0 Å². The van der Waals surface area contributed by atoms with Crippen molar-refractivity contribution in [2.75, 3.05) is 19.6 Å². The summed E-state index contributed by atoms with van der Waals surface area (Å²) >= 11 is 0. The predicted molar refractivity (Wildman–Crippen MR) is 84.1 cm³/mol. The number of likely N-dealkylation sites (tertiary alicyclic amines) is 1. The van der Waals surface area contributed by atoms with Crippen molar-refractivity contribution >= 4 is 5.78 Å². The predicted octanol–water partition coefficient (Wildman–Crippen LogP) is 4.07. The Kier molecular flexibility index (Phi) is 5.51. The van der Waals surface area contributed by atoms with Gasteiger partial charge in [0, 0.05) is 25.1 Å². The van der Waals surface area contributed by atoms with E-state index in [1.807, 2.05) is 0 Å². The highest BCUT2D eigenvalue weighted by Gasteiger charge is 2.21. The number of halogens is 1. The first kappa shape index (κ1) is 16.2. The lowest BCUT2D eigenvalue weighted by Gasteiger charge is -2.34. The number of benzene rings is 1. The van der Waals surface area contributed by atoms with Crippen molar-refractivity contribution in [1.29, 1.82) is 0 Å². The maximum absolute atomic E-state index is 13.1. The Morgan fingerprint density at radius 3 is 2.57 bits per heavy atom. The number of rotatable bonds is 5. The molecule has 0 aliphatic carbocycles. The molecule has 3 heteroatoms. The molecule has 1 aromatic rings. The summed E-state index contributed by atoms with van der Waals surface area (Å²) in [4.78, 5) is 14.7. The lowest BCUT2D eigenvalue weighted by molar-refractivity contribution is 0.0961. The molecular weight excluding hydrogens is 265 g/mol. The fourth-order valence-corrected chi connectivity index (χ4v) is 3.51. The van der Waals surface area contributed by atoms with Crippen molar-refractivity contribution in [3.05, 3.63) is 35.1 Å². The molecule has 0 radical (unpaired) electrons. The van der Waals surface area contributed by atoms with Gasteiger partial charge in [0.15, 0.2) is 5.78 Å². The van der Waals surface area contributed by atoms with Gasteiger partial charge in [-0.2, -0.15) is 0 Å².